The molecule has 160 valence electrons. The van der Waals surface area contributed by atoms with Gasteiger partial charge in [-0.1, -0.05) is 30.3 Å². The molecule has 0 aromatic heterocycles. The molecule has 0 atom stereocenters. The molecule has 0 aliphatic carbocycles. The Hall–Kier alpha value is -2.70. The van der Waals surface area contributed by atoms with Gasteiger partial charge in [-0.25, -0.2) is 9.59 Å². The summed E-state index contributed by atoms with van der Waals surface area (Å²) in [6.45, 7) is 8.82. The lowest BCUT2D eigenvalue weighted by Crippen LogP contribution is -2.61. The van der Waals surface area contributed by atoms with Crippen molar-refractivity contribution in [3.63, 3.8) is 0 Å². The van der Waals surface area contributed by atoms with Crippen molar-refractivity contribution in [2.24, 2.45) is 0 Å². The van der Waals surface area contributed by atoms with E-state index in [9.17, 15) is 9.59 Å². The summed E-state index contributed by atoms with van der Waals surface area (Å²) < 4.78 is 5.79. The van der Waals surface area contributed by atoms with Gasteiger partial charge in [0.2, 0.25) is 0 Å². The highest BCUT2D eigenvalue weighted by molar-refractivity contribution is 5.92. The minimum atomic E-state index is -1.03. The van der Waals surface area contributed by atoms with Crippen LogP contribution in [-0.4, -0.2) is 39.3 Å². The van der Waals surface area contributed by atoms with E-state index < -0.39 is 11.9 Å². The Balaban J connectivity index is 1.66. The summed E-state index contributed by atoms with van der Waals surface area (Å²) in [6, 6.07) is 15.8. The van der Waals surface area contributed by atoms with Crippen LogP contribution >= 0.6 is 0 Å². The van der Waals surface area contributed by atoms with E-state index in [2.05, 4.69) is 27.7 Å². The van der Waals surface area contributed by atoms with Gasteiger partial charge in [0.25, 0.3) is 0 Å². The average molecular weight is 411 g/mol. The molecular weight excluding hydrogens is 382 g/mol. The molecule has 3 rings (SSSR count). The number of piperidine rings is 1. The van der Waals surface area contributed by atoms with E-state index in [0.29, 0.717) is 25.0 Å². The molecule has 30 heavy (non-hydrogen) atoms. The normalized spacial score (nSPS) is 18.7. The van der Waals surface area contributed by atoms with Gasteiger partial charge in [-0.2, -0.15) is 5.06 Å². The third-order valence-electron chi connectivity index (χ3n) is 5.40. The van der Waals surface area contributed by atoms with Crippen LogP contribution in [0.4, 0.5) is 0 Å². The van der Waals surface area contributed by atoms with Crippen LogP contribution in [0.15, 0.2) is 54.6 Å². The summed E-state index contributed by atoms with van der Waals surface area (Å²) in [6.07, 6.45) is 0.993. The van der Waals surface area contributed by atoms with Gasteiger partial charge < -0.3 is 9.84 Å². The van der Waals surface area contributed by atoms with Crippen molar-refractivity contribution < 1.29 is 24.3 Å². The molecular formula is C24H29NO5. The topological polar surface area (TPSA) is 76.1 Å². The maximum atomic E-state index is 12.6. The average Bonchev–Trinajstić information content (AvgIpc) is 2.67. The van der Waals surface area contributed by atoms with Gasteiger partial charge >= 0.3 is 11.9 Å². The van der Waals surface area contributed by atoms with Crippen LogP contribution in [0.25, 0.3) is 0 Å². The Bertz CT molecular complexity index is 872. The summed E-state index contributed by atoms with van der Waals surface area (Å²) in [5.74, 6) is -1.47. The number of benzene rings is 2. The van der Waals surface area contributed by atoms with Crippen LogP contribution in [0.1, 0.15) is 66.8 Å². The fourth-order valence-electron chi connectivity index (χ4n) is 4.29. The lowest BCUT2D eigenvalue weighted by Gasteiger charge is -2.53. The van der Waals surface area contributed by atoms with Crippen LogP contribution in [0.2, 0.25) is 0 Å². The van der Waals surface area contributed by atoms with Crippen LogP contribution in [0, 0.1) is 0 Å². The van der Waals surface area contributed by atoms with Gasteiger partial charge in [0, 0.05) is 23.9 Å². The summed E-state index contributed by atoms with van der Waals surface area (Å²) in [4.78, 5) is 29.8. The predicted octanol–water partition coefficient (Wildman–Crippen LogP) is 4.70. The van der Waals surface area contributed by atoms with E-state index in [1.165, 1.54) is 24.3 Å². The monoisotopic (exact) mass is 411 g/mol. The lowest BCUT2D eigenvalue weighted by atomic mass is 9.80. The second-order valence-electron chi connectivity index (χ2n) is 9.00. The van der Waals surface area contributed by atoms with E-state index in [0.717, 1.165) is 5.56 Å². The molecule has 1 N–H and O–H groups in total. The Morgan fingerprint density at radius 3 is 2.00 bits per heavy atom. The number of nitrogens with zero attached hydrogens (tertiary/aromatic N) is 1. The number of aromatic carboxylic acids is 1. The van der Waals surface area contributed by atoms with Crippen LogP contribution in [0.5, 0.6) is 0 Å². The first-order chi connectivity index (χ1) is 14.1. The van der Waals surface area contributed by atoms with Crippen LogP contribution in [-0.2, 0) is 16.2 Å². The number of carboxylic acids is 1. The Morgan fingerprint density at radius 2 is 1.47 bits per heavy atom. The number of carbonyl (C=O) groups excluding carboxylic acids is 1. The van der Waals surface area contributed by atoms with Crippen molar-refractivity contribution in [2.45, 2.75) is 64.3 Å². The van der Waals surface area contributed by atoms with E-state index >= 15 is 0 Å². The molecule has 6 nitrogen and oxygen atoms in total. The standard InChI is InChI=1S/C24H29NO5/c1-23(2)14-20(30-22(28)19-12-10-18(11-13-19)21(26)27)15-24(3,4)25(23)29-16-17-8-6-5-7-9-17/h5-13,20H,14-16H2,1-4H3,(H,26,27). The number of carboxylic acid groups (broad SMARTS) is 1. The van der Waals surface area contributed by atoms with E-state index in [1.54, 1.807) is 0 Å². The highest BCUT2D eigenvalue weighted by Gasteiger charge is 2.47. The number of hydrogen-bond acceptors (Lipinski definition) is 5. The number of ether oxygens (including phenoxy) is 1. The van der Waals surface area contributed by atoms with Gasteiger partial charge in [-0.3, -0.25) is 4.84 Å². The second kappa shape index (κ2) is 8.58. The van der Waals surface area contributed by atoms with Crippen molar-refractivity contribution >= 4 is 11.9 Å². The number of hydrogen-bond donors (Lipinski definition) is 1. The number of carbonyl (C=O) groups is 2. The molecule has 1 saturated heterocycles. The molecule has 0 amide bonds. The molecule has 0 radical (unpaired) electrons. The zero-order valence-electron chi connectivity index (χ0n) is 17.9. The van der Waals surface area contributed by atoms with Gasteiger partial charge in [0.15, 0.2) is 0 Å². The van der Waals surface area contributed by atoms with Gasteiger partial charge in [0.1, 0.15) is 6.10 Å². The summed E-state index contributed by atoms with van der Waals surface area (Å²) in [5, 5.41) is 11.0. The smallest absolute Gasteiger partial charge is 0.338 e. The first-order valence-corrected chi connectivity index (χ1v) is 10.1. The molecule has 1 fully saturated rings. The molecule has 0 unspecified atom stereocenters. The summed E-state index contributed by atoms with van der Waals surface area (Å²) in [7, 11) is 0. The quantitative estimate of drug-likeness (QED) is 0.695. The van der Waals surface area contributed by atoms with E-state index in [1.807, 2.05) is 35.4 Å². The van der Waals surface area contributed by atoms with Crippen molar-refractivity contribution in [1.82, 2.24) is 5.06 Å². The van der Waals surface area contributed by atoms with Gasteiger partial charge in [-0.05, 0) is 57.5 Å². The first kappa shape index (κ1) is 22.0. The Labute approximate surface area is 177 Å². The number of esters is 1. The molecule has 0 bridgehead atoms. The highest BCUT2D eigenvalue weighted by Crippen LogP contribution is 2.40. The molecule has 2 aromatic rings. The Morgan fingerprint density at radius 1 is 0.933 bits per heavy atom. The number of hydroxylamine groups is 2. The molecule has 6 heteroatoms. The van der Waals surface area contributed by atoms with Crippen molar-refractivity contribution in [3.05, 3.63) is 71.3 Å². The highest BCUT2D eigenvalue weighted by atomic mass is 16.7. The first-order valence-electron chi connectivity index (χ1n) is 10.1. The molecule has 0 saturated carbocycles. The van der Waals surface area contributed by atoms with Crippen LogP contribution < -0.4 is 0 Å². The summed E-state index contributed by atoms with van der Waals surface area (Å²) in [5.41, 5.74) is 0.905. The molecule has 1 heterocycles. The van der Waals surface area contributed by atoms with Gasteiger partial charge in [0.05, 0.1) is 17.7 Å². The maximum Gasteiger partial charge on any atom is 0.338 e. The molecule has 1 aliphatic heterocycles. The molecule has 2 aromatic carbocycles. The minimum absolute atomic E-state index is 0.137. The minimum Gasteiger partial charge on any atom is -0.478 e. The summed E-state index contributed by atoms with van der Waals surface area (Å²) >= 11 is 0. The van der Waals surface area contributed by atoms with Crippen LogP contribution in [0.3, 0.4) is 0 Å². The Kier molecular flexibility index (Phi) is 6.29. The van der Waals surface area contributed by atoms with E-state index in [-0.39, 0.29) is 22.7 Å². The SMILES string of the molecule is CC1(C)CC(OC(=O)c2ccc(C(=O)O)cc2)CC(C)(C)N1OCc1ccccc1. The fourth-order valence-corrected chi connectivity index (χ4v) is 4.29. The third-order valence-corrected chi connectivity index (χ3v) is 5.40. The second-order valence-corrected chi connectivity index (χ2v) is 9.00. The predicted molar refractivity (Wildman–Crippen MR) is 113 cm³/mol. The van der Waals surface area contributed by atoms with Crippen molar-refractivity contribution in [3.8, 4) is 0 Å². The zero-order chi connectivity index (χ0) is 21.9. The fraction of sp³-hybridized carbons (Fsp3) is 0.417. The van der Waals surface area contributed by atoms with Crippen molar-refractivity contribution in [1.29, 1.82) is 0 Å². The van der Waals surface area contributed by atoms with Gasteiger partial charge in [-0.15, -0.1) is 0 Å². The zero-order valence-corrected chi connectivity index (χ0v) is 17.9. The molecule has 1 aliphatic rings. The lowest BCUT2D eigenvalue weighted by molar-refractivity contribution is -0.298. The molecule has 0 spiro atoms. The maximum absolute atomic E-state index is 12.6. The largest absolute Gasteiger partial charge is 0.478 e. The van der Waals surface area contributed by atoms with E-state index in [4.69, 9.17) is 14.7 Å². The number of rotatable bonds is 6. The van der Waals surface area contributed by atoms with Crippen molar-refractivity contribution in [2.75, 3.05) is 0 Å². The third kappa shape index (κ3) is 5.07.